The zero-order valence-corrected chi connectivity index (χ0v) is 11.6. The van der Waals surface area contributed by atoms with Gasteiger partial charge in [-0.1, -0.05) is 25.5 Å². The maximum absolute atomic E-state index is 5.93. The number of hydrogen-bond donors (Lipinski definition) is 1. The van der Waals surface area contributed by atoms with E-state index < -0.39 is 0 Å². The van der Waals surface area contributed by atoms with E-state index in [2.05, 4.69) is 52.9 Å². The highest BCUT2D eigenvalue weighted by molar-refractivity contribution is 5.07. The summed E-state index contributed by atoms with van der Waals surface area (Å²) in [7, 11) is 0. The summed E-state index contributed by atoms with van der Waals surface area (Å²) in [5.41, 5.74) is 1.38. The van der Waals surface area contributed by atoms with Crippen LogP contribution in [0.3, 0.4) is 0 Å². The topological polar surface area (TPSA) is 21.3 Å². The molecular weight excluding hydrogens is 198 g/mol. The highest BCUT2D eigenvalue weighted by Gasteiger charge is 2.40. The van der Waals surface area contributed by atoms with Crippen LogP contribution < -0.4 is 5.32 Å². The zero-order valence-electron chi connectivity index (χ0n) is 11.6. The number of ether oxygens (including phenoxy) is 1. The predicted molar refractivity (Wildman–Crippen MR) is 69.6 cm³/mol. The average molecular weight is 225 g/mol. The molecule has 0 spiro atoms. The largest absolute Gasteiger partial charge is 0.375 e. The van der Waals surface area contributed by atoms with Crippen molar-refractivity contribution >= 4 is 0 Å². The van der Waals surface area contributed by atoms with E-state index >= 15 is 0 Å². The highest BCUT2D eigenvalue weighted by atomic mass is 16.5. The van der Waals surface area contributed by atoms with Crippen molar-refractivity contribution in [2.75, 3.05) is 6.54 Å². The molecule has 1 fully saturated rings. The number of nitrogens with one attached hydrogen (secondary N) is 1. The molecule has 1 saturated heterocycles. The van der Waals surface area contributed by atoms with Gasteiger partial charge in [0.1, 0.15) is 0 Å². The maximum atomic E-state index is 5.93. The molecule has 1 rings (SSSR count). The fourth-order valence-corrected chi connectivity index (χ4v) is 2.81. The van der Waals surface area contributed by atoms with E-state index in [1.54, 1.807) is 0 Å². The van der Waals surface area contributed by atoms with E-state index in [9.17, 15) is 0 Å². The summed E-state index contributed by atoms with van der Waals surface area (Å²) < 4.78 is 5.93. The van der Waals surface area contributed by atoms with E-state index in [-0.39, 0.29) is 0 Å². The minimum Gasteiger partial charge on any atom is -0.375 e. The van der Waals surface area contributed by atoms with E-state index in [4.69, 9.17) is 4.74 Å². The van der Waals surface area contributed by atoms with Gasteiger partial charge in [0.25, 0.3) is 0 Å². The molecule has 1 aliphatic rings. The second-order valence-electron chi connectivity index (χ2n) is 5.31. The monoisotopic (exact) mass is 225 g/mol. The third kappa shape index (κ3) is 3.08. The molecule has 1 N–H and O–H groups in total. The lowest BCUT2D eigenvalue weighted by molar-refractivity contribution is 0.0492. The Kier molecular flexibility index (Phi) is 5.00. The van der Waals surface area contributed by atoms with Crippen LogP contribution in [0.25, 0.3) is 0 Å². The zero-order chi connectivity index (χ0) is 12.3. The number of allylic oxidation sites excluding steroid dienone is 1. The number of likely N-dealkylation sites (N-methyl/N-ethyl adjacent to an activating group) is 1. The number of rotatable bonds is 4. The van der Waals surface area contributed by atoms with Crippen molar-refractivity contribution in [2.24, 2.45) is 11.8 Å². The molecule has 2 heteroatoms. The van der Waals surface area contributed by atoms with Gasteiger partial charge in [-0.3, -0.25) is 0 Å². The summed E-state index contributed by atoms with van der Waals surface area (Å²) >= 11 is 0. The van der Waals surface area contributed by atoms with Gasteiger partial charge >= 0.3 is 0 Å². The molecule has 0 aliphatic carbocycles. The highest BCUT2D eigenvalue weighted by Crippen LogP contribution is 2.35. The molecular formula is C14H27NO. The fraction of sp³-hybridized carbons (Fsp3) is 0.857. The summed E-state index contributed by atoms with van der Waals surface area (Å²) in [6.45, 7) is 14.2. The third-order valence-corrected chi connectivity index (χ3v) is 3.69. The van der Waals surface area contributed by atoms with Crippen molar-refractivity contribution in [3.8, 4) is 0 Å². The van der Waals surface area contributed by atoms with Crippen LogP contribution in [0.4, 0.5) is 0 Å². The van der Waals surface area contributed by atoms with Gasteiger partial charge in [-0.15, -0.1) is 0 Å². The molecule has 0 aromatic rings. The minimum absolute atomic E-state index is 0.352. The minimum atomic E-state index is 0.352. The first-order valence-corrected chi connectivity index (χ1v) is 6.51. The molecule has 16 heavy (non-hydrogen) atoms. The third-order valence-electron chi connectivity index (χ3n) is 3.69. The Labute approximate surface area is 100 Å². The molecule has 0 radical (unpaired) electrons. The first-order chi connectivity index (χ1) is 7.47. The lowest BCUT2D eigenvalue weighted by atomic mass is 9.83. The molecule has 0 aromatic carbocycles. The van der Waals surface area contributed by atoms with Gasteiger partial charge in [0.2, 0.25) is 0 Å². The van der Waals surface area contributed by atoms with E-state index in [1.165, 1.54) is 5.57 Å². The summed E-state index contributed by atoms with van der Waals surface area (Å²) in [4.78, 5) is 0. The van der Waals surface area contributed by atoms with Crippen LogP contribution in [-0.4, -0.2) is 24.8 Å². The Balaban J connectivity index is 2.81. The Bertz CT molecular complexity index is 245. The molecule has 0 amide bonds. The second-order valence-corrected chi connectivity index (χ2v) is 5.31. The van der Waals surface area contributed by atoms with Crippen molar-refractivity contribution < 1.29 is 4.74 Å². The SMILES string of the molecule is CCNC(C=C(C)C)C1C(C)OC(C)C1C. The van der Waals surface area contributed by atoms with Gasteiger partial charge < -0.3 is 10.1 Å². The molecule has 5 unspecified atom stereocenters. The summed E-state index contributed by atoms with van der Waals surface area (Å²) in [6, 6.07) is 0.449. The lowest BCUT2D eigenvalue weighted by Crippen LogP contribution is -2.40. The Morgan fingerprint density at radius 2 is 1.88 bits per heavy atom. The first-order valence-electron chi connectivity index (χ1n) is 6.51. The van der Waals surface area contributed by atoms with Gasteiger partial charge in [0.05, 0.1) is 12.2 Å². The van der Waals surface area contributed by atoms with Gasteiger partial charge in [-0.2, -0.15) is 0 Å². The van der Waals surface area contributed by atoms with Gasteiger partial charge in [0, 0.05) is 12.0 Å². The molecule has 1 heterocycles. The van der Waals surface area contributed by atoms with Crippen molar-refractivity contribution in [2.45, 2.75) is 59.8 Å². The van der Waals surface area contributed by atoms with E-state index in [1.807, 2.05) is 0 Å². The maximum Gasteiger partial charge on any atom is 0.0600 e. The standard InChI is InChI=1S/C14H27NO/c1-7-15-13(8-9(2)3)14-10(4)11(5)16-12(14)6/h8,10-15H,7H2,1-6H3. The van der Waals surface area contributed by atoms with Crippen LogP contribution in [0, 0.1) is 11.8 Å². The molecule has 1 aliphatic heterocycles. The summed E-state index contributed by atoms with van der Waals surface area (Å²) in [5.74, 6) is 1.21. The van der Waals surface area contributed by atoms with Gasteiger partial charge in [-0.05, 0) is 40.2 Å². The van der Waals surface area contributed by atoms with Crippen LogP contribution in [0.15, 0.2) is 11.6 Å². The Hall–Kier alpha value is -0.340. The molecule has 5 atom stereocenters. The fourth-order valence-electron chi connectivity index (χ4n) is 2.81. The van der Waals surface area contributed by atoms with Crippen molar-refractivity contribution in [3.05, 3.63) is 11.6 Å². The molecule has 0 aromatic heterocycles. The normalized spacial score (nSPS) is 36.1. The molecule has 2 nitrogen and oxygen atoms in total. The molecule has 0 bridgehead atoms. The van der Waals surface area contributed by atoms with Crippen LogP contribution in [0.1, 0.15) is 41.5 Å². The van der Waals surface area contributed by atoms with E-state index in [0.29, 0.717) is 30.1 Å². The van der Waals surface area contributed by atoms with Crippen LogP contribution >= 0.6 is 0 Å². The van der Waals surface area contributed by atoms with Gasteiger partial charge in [-0.25, -0.2) is 0 Å². The van der Waals surface area contributed by atoms with Crippen LogP contribution in [0.2, 0.25) is 0 Å². The quantitative estimate of drug-likeness (QED) is 0.743. The van der Waals surface area contributed by atoms with Crippen LogP contribution in [0.5, 0.6) is 0 Å². The van der Waals surface area contributed by atoms with Crippen molar-refractivity contribution in [1.82, 2.24) is 5.32 Å². The number of hydrogen-bond acceptors (Lipinski definition) is 2. The molecule has 94 valence electrons. The Morgan fingerprint density at radius 1 is 1.25 bits per heavy atom. The lowest BCUT2D eigenvalue weighted by Gasteiger charge is -2.27. The average Bonchev–Trinajstić information content (AvgIpc) is 2.40. The smallest absolute Gasteiger partial charge is 0.0600 e. The van der Waals surface area contributed by atoms with Crippen LogP contribution in [-0.2, 0) is 4.74 Å². The first kappa shape index (κ1) is 13.7. The Morgan fingerprint density at radius 3 is 2.25 bits per heavy atom. The predicted octanol–water partition coefficient (Wildman–Crippen LogP) is 2.99. The van der Waals surface area contributed by atoms with Crippen molar-refractivity contribution in [3.63, 3.8) is 0 Å². The molecule has 0 saturated carbocycles. The van der Waals surface area contributed by atoms with E-state index in [0.717, 1.165) is 6.54 Å². The summed E-state index contributed by atoms with van der Waals surface area (Å²) in [5, 5.41) is 3.58. The van der Waals surface area contributed by atoms with Crippen molar-refractivity contribution in [1.29, 1.82) is 0 Å². The van der Waals surface area contributed by atoms with Gasteiger partial charge in [0.15, 0.2) is 0 Å². The summed E-state index contributed by atoms with van der Waals surface area (Å²) in [6.07, 6.45) is 3.08. The second kappa shape index (κ2) is 5.83.